The highest BCUT2D eigenvalue weighted by Crippen LogP contribution is 2.27. The first-order valence-corrected chi connectivity index (χ1v) is 8.68. The van der Waals surface area contributed by atoms with Crippen LogP contribution in [0.1, 0.15) is 15.9 Å². The van der Waals surface area contributed by atoms with Crippen LogP contribution in [0.2, 0.25) is 0 Å². The number of carbonyl (C=O) groups excluding carboxylic acids is 1. The summed E-state index contributed by atoms with van der Waals surface area (Å²) in [7, 11) is 0. The zero-order valence-electron chi connectivity index (χ0n) is 15.0. The van der Waals surface area contributed by atoms with E-state index in [4.69, 9.17) is 14.3 Å². The van der Waals surface area contributed by atoms with Gasteiger partial charge in [0.2, 0.25) is 5.89 Å². The van der Waals surface area contributed by atoms with Crippen molar-refractivity contribution in [1.29, 1.82) is 0 Å². The van der Waals surface area contributed by atoms with Crippen LogP contribution in [-0.2, 0) is 11.2 Å². The Bertz CT molecular complexity index is 1180. The Hall–Kier alpha value is -4.00. The summed E-state index contributed by atoms with van der Waals surface area (Å²) in [5.41, 5.74) is 1.89. The number of benzene rings is 3. The molecule has 0 aliphatic carbocycles. The maximum atomic E-state index is 14.6. The van der Waals surface area contributed by atoms with E-state index < -0.39 is 17.8 Å². The van der Waals surface area contributed by atoms with Gasteiger partial charge in [-0.3, -0.25) is 4.79 Å². The minimum Gasteiger partial charge on any atom is -0.478 e. The highest BCUT2D eigenvalue weighted by Gasteiger charge is 2.15. The highest BCUT2D eigenvalue weighted by atomic mass is 19.1. The minimum atomic E-state index is -1.07. The molecular weight excluding hydrogens is 377 g/mol. The van der Waals surface area contributed by atoms with E-state index in [1.807, 2.05) is 6.07 Å². The van der Waals surface area contributed by atoms with Gasteiger partial charge in [0.15, 0.2) is 5.58 Å². The van der Waals surface area contributed by atoms with Crippen molar-refractivity contribution in [3.8, 4) is 17.2 Å². The van der Waals surface area contributed by atoms with Crippen LogP contribution in [0.4, 0.5) is 4.39 Å². The molecule has 29 heavy (non-hydrogen) atoms. The molecule has 0 aliphatic rings. The summed E-state index contributed by atoms with van der Waals surface area (Å²) in [4.78, 5) is 27.2. The number of carboxylic acid groups (broad SMARTS) is 1. The fraction of sp³-hybridized carbons (Fsp3) is 0.0455. The third-order valence-electron chi connectivity index (χ3n) is 4.24. The third-order valence-corrected chi connectivity index (χ3v) is 4.24. The molecule has 6 nitrogen and oxygen atoms in total. The molecule has 0 amide bonds. The van der Waals surface area contributed by atoms with Crippen molar-refractivity contribution in [2.45, 2.75) is 6.42 Å². The fourth-order valence-corrected chi connectivity index (χ4v) is 2.83. The van der Waals surface area contributed by atoms with Crippen LogP contribution in [0.5, 0.6) is 5.75 Å². The Morgan fingerprint density at radius 2 is 1.79 bits per heavy atom. The molecule has 1 aromatic heterocycles. The first-order valence-electron chi connectivity index (χ1n) is 8.68. The smallest absolute Gasteiger partial charge is 0.335 e. The van der Waals surface area contributed by atoms with Gasteiger partial charge >= 0.3 is 11.9 Å². The number of hydrogen-bond donors (Lipinski definition) is 1. The normalized spacial score (nSPS) is 10.8. The first kappa shape index (κ1) is 18.4. The lowest BCUT2D eigenvalue weighted by Crippen LogP contribution is -2.11. The lowest BCUT2D eigenvalue weighted by Gasteiger charge is -2.06. The van der Waals surface area contributed by atoms with Gasteiger partial charge in [-0.25, -0.2) is 14.2 Å². The average molecular weight is 391 g/mol. The van der Waals surface area contributed by atoms with Gasteiger partial charge in [-0.2, -0.15) is 0 Å². The molecule has 0 spiro atoms. The number of ether oxygens (including phenoxy) is 1. The topological polar surface area (TPSA) is 89.6 Å². The van der Waals surface area contributed by atoms with Crippen LogP contribution < -0.4 is 4.74 Å². The van der Waals surface area contributed by atoms with Crippen molar-refractivity contribution in [1.82, 2.24) is 4.98 Å². The van der Waals surface area contributed by atoms with Gasteiger partial charge in [0.1, 0.15) is 17.1 Å². The second kappa shape index (κ2) is 7.55. The van der Waals surface area contributed by atoms with E-state index in [1.165, 1.54) is 36.4 Å². The molecule has 0 fully saturated rings. The van der Waals surface area contributed by atoms with Crippen LogP contribution in [0.15, 0.2) is 71.1 Å². The first-order chi connectivity index (χ1) is 14.0. The zero-order valence-corrected chi connectivity index (χ0v) is 15.0. The molecular formula is C22H14FNO5. The Morgan fingerprint density at radius 3 is 2.48 bits per heavy atom. The molecule has 4 aromatic rings. The van der Waals surface area contributed by atoms with Gasteiger partial charge in [0.25, 0.3) is 0 Å². The molecule has 144 valence electrons. The van der Waals surface area contributed by atoms with Gasteiger partial charge in [-0.05, 0) is 54.1 Å². The summed E-state index contributed by atoms with van der Waals surface area (Å²) in [5.74, 6) is -1.85. The molecule has 0 aliphatic heterocycles. The molecule has 4 rings (SSSR count). The Balaban J connectivity index is 1.47. The van der Waals surface area contributed by atoms with Gasteiger partial charge in [0.05, 0.1) is 17.5 Å². The molecule has 0 saturated carbocycles. The second-order valence-corrected chi connectivity index (χ2v) is 6.28. The predicted molar refractivity (Wildman–Crippen MR) is 102 cm³/mol. The lowest BCUT2D eigenvalue weighted by atomic mass is 10.1. The zero-order chi connectivity index (χ0) is 20.4. The predicted octanol–water partition coefficient (Wildman–Crippen LogP) is 4.48. The number of rotatable bonds is 5. The number of oxazole rings is 1. The summed E-state index contributed by atoms with van der Waals surface area (Å²) >= 11 is 0. The molecule has 3 aromatic carbocycles. The number of para-hydroxylation sites is 2. The van der Waals surface area contributed by atoms with Gasteiger partial charge in [-0.15, -0.1) is 0 Å². The number of carbonyl (C=O) groups is 2. The molecule has 0 bridgehead atoms. The van der Waals surface area contributed by atoms with E-state index in [1.54, 1.807) is 24.3 Å². The Kier molecular flexibility index (Phi) is 4.78. The van der Waals surface area contributed by atoms with Crippen molar-refractivity contribution in [3.05, 3.63) is 83.7 Å². The van der Waals surface area contributed by atoms with Crippen molar-refractivity contribution in [3.63, 3.8) is 0 Å². The van der Waals surface area contributed by atoms with E-state index in [-0.39, 0.29) is 29.2 Å². The van der Waals surface area contributed by atoms with E-state index in [9.17, 15) is 14.0 Å². The number of nitrogens with zero attached hydrogens (tertiary/aromatic N) is 1. The molecule has 1 N–H and O–H groups in total. The highest BCUT2D eigenvalue weighted by molar-refractivity contribution is 5.87. The summed E-state index contributed by atoms with van der Waals surface area (Å²) in [5, 5.41) is 8.87. The van der Waals surface area contributed by atoms with E-state index >= 15 is 0 Å². The van der Waals surface area contributed by atoms with Crippen LogP contribution >= 0.6 is 0 Å². The van der Waals surface area contributed by atoms with Gasteiger partial charge < -0.3 is 14.3 Å². The second-order valence-electron chi connectivity index (χ2n) is 6.28. The number of aromatic nitrogens is 1. The molecule has 1 heterocycles. The summed E-state index contributed by atoms with van der Waals surface area (Å²) in [6.07, 6.45) is -0.147. The molecule has 0 saturated heterocycles. The summed E-state index contributed by atoms with van der Waals surface area (Å²) in [6.45, 7) is 0. The number of esters is 1. The maximum absolute atomic E-state index is 14.6. The lowest BCUT2D eigenvalue weighted by molar-refractivity contribution is -0.133. The van der Waals surface area contributed by atoms with E-state index in [0.717, 1.165) is 0 Å². The van der Waals surface area contributed by atoms with Crippen LogP contribution in [0.3, 0.4) is 0 Å². The monoisotopic (exact) mass is 391 g/mol. The SMILES string of the molecule is O=C(Cc1ccc(-c2nc3ccccc3o2)c(F)c1)Oc1ccc(C(=O)O)cc1. The van der Waals surface area contributed by atoms with Gasteiger partial charge in [-0.1, -0.05) is 18.2 Å². The number of carboxylic acids is 1. The standard InChI is InChI=1S/C22H14FNO5/c23-17-11-13(12-20(25)28-15-8-6-14(7-9-15)22(26)27)5-10-16(17)21-24-18-3-1-2-4-19(18)29-21/h1-11H,12H2,(H,26,27). The largest absolute Gasteiger partial charge is 0.478 e. The number of fused-ring (bicyclic) bond motifs is 1. The number of aromatic carboxylic acids is 1. The molecule has 7 heteroatoms. The minimum absolute atomic E-state index is 0.0849. The van der Waals surface area contributed by atoms with E-state index in [2.05, 4.69) is 4.98 Å². The molecule has 0 unspecified atom stereocenters. The quantitative estimate of drug-likeness (QED) is 0.399. The maximum Gasteiger partial charge on any atom is 0.335 e. The van der Waals surface area contributed by atoms with Crippen molar-refractivity contribution in [2.75, 3.05) is 0 Å². The van der Waals surface area contributed by atoms with Crippen molar-refractivity contribution >= 4 is 23.0 Å². The van der Waals surface area contributed by atoms with Crippen molar-refractivity contribution < 1.29 is 28.2 Å². The average Bonchev–Trinajstić information content (AvgIpc) is 3.12. The van der Waals surface area contributed by atoms with Gasteiger partial charge in [0, 0.05) is 0 Å². The van der Waals surface area contributed by atoms with Crippen LogP contribution in [0, 0.1) is 5.82 Å². The van der Waals surface area contributed by atoms with Crippen LogP contribution in [-0.4, -0.2) is 22.0 Å². The fourth-order valence-electron chi connectivity index (χ4n) is 2.83. The Labute approximate surface area is 164 Å². The number of halogens is 1. The molecule has 0 atom stereocenters. The van der Waals surface area contributed by atoms with Crippen LogP contribution in [0.25, 0.3) is 22.6 Å². The van der Waals surface area contributed by atoms with E-state index in [0.29, 0.717) is 16.7 Å². The summed E-state index contributed by atoms with van der Waals surface area (Å²) in [6, 6.07) is 16.9. The summed E-state index contributed by atoms with van der Waals surface area (Å²) < 4.78 is 25.3. The third kappa shape index (κ3) is 3.98. The number of hydrogen-bond acceptors (Lipinski definition) is 5. The van der Waals surface area contributed by atoms with Crippen molar-refractivity contribution in [2.24, 2.45) is 0 Å². The Morgan fingerprint density at radius 1 is 1.03 bits per heavy atom. The molecule has 0 radical (unpaired) electrons.